The molecule has 0 aromatic heterocycles. The van der Waals surface area contributed by atoms with Gasteiger partial charge in [-0.3, -0.25) is 0 Å². The Labute approximate surface area is 58.6 Å². The summed E-state index contributed by atoms with van der Waals surface area (Å²) in [6, 6.07) is 0. The van der Waals surface area contributed by atoms with Gasteiger partial charge in [0.2, 0.25) is 0 Å². The first-order chi connectivity index (χ1) is 4.70. The van der Waals surface area contributed by atoms with E-state index in [1.807, 2.05) is 0 Å². The van der Waals surface area contributed by atoms with E-state index in [0.29, 0.717) is 12.0 Å². The summed E-state index contributed by atoms with van der Waals surface area (Å²) in [5, 5.41) is 0. The third-order valence-corrected chi connectivity index (χ3v) is 1.40. The Morgan fingerprint density at radius 3 is 2.70 bits per heavy atom. The van der Waals surface area contributed by atoms with Crippen molar-refractivity contribution in [1.82, 2.24) is 0 Å². The van der Waals surface area contributed by atoms with Gasteiger partial charge in [0.05, 0.1) is 0 Å². The molecular weight excluding hydrogens is 134 g/mol. The first kappa shape index (κ1) is 7.19. The van der Waals surface area contributed by atoms with Crippen LogP contribution in [0.25, 0.3) is 0 Å². The molecule has 0 saturated carbocycles. The van der Waals surface area contributed by atoms with Crippen LogP contribution in [-0.2, 0) is 0 Å². The molecule has 0 nitrogen and oxygen atoms in total. The minimum Gasteiger partial charge on any atom is -0.207 e. The van der Waals surface area contributed by atoms with Crippen LogP contribution < -0.4 is 0 Å². The molecule has 0 saturated heterocycles. The largest absolute Gasteiger partial charge is 0.207 e. The number of allylic oxidation sites excluding steroid dienone is 6. The molecule has 0 amide bonds. The molecule has 1 aliphatic rings. The molecule has 10 heavy (non-hydrogen) atoms. The third-order valence-electron chi connectivity index (χ3n) is 1.40. The monoisotopic (exact) mass is 142 g/mol. The Kier molecular flexibility index (Phi) is 2.00. The highest BCUT2D eigenvalue weighted by atomic mass is 19.1. The highest BCUT2D eigenvalue weighted by Gasteiger charge is 2.01. The summed E-state index contributed by atoms with van der Waals surface area (Å²) >= 11 is 0. The number of halogens is 2. The molecule has 0 atom stereocenters. The van der Waals surface area contributed by atoms with Gasteiger partial charge < -0.3 is 0 Å². The Morgan fingerprint density at radius 2 is 2.00 bits per heavy atom. The van der Waals surface area contributed by atoms with Crippen molar-refractivity contribution in [2.45, 2.75) is 13.3 Å². The number of hydrogen-bond donors (Lipinski definition) is 0. The second-order valence-corrected chi connectivity index (χ2v) is 2.25. The minimum atomic E-state index is -0.369. The topological polar surface area (TPSA) is 0 Å². The second kappa shape index (κ2) is 2.78. The van der Waals surface area contributed by atoms with Crippen LogP contribution in [0.3, 0.4) is 0 Å². The maximum absolute atomic E-state index is 12.6. The lowest BCUT2D eigenvalue weighted by Gasteiger charge is -1.91. The van der Waals surface area contributed by atoms with E-state index in [1.165, 1.54) is 6.08 Å². The summed E-state index contributed by atoms with van der Waals surface area (Å²) in [5.41, 5.74) is 0.573. The lowest BCUT2D eigenvalue weighted by atomic mass is 10.2. The molecule has 0 unspecified atom stereocenters. The van der Waals surface area contributed by atoms with E-state index in [9.17, 15) is 8.78 Å². The summed E-state index contributed by atoms with van der Waals surface area (Å²) in [6.45, 7) is 1.65. The van der Waals surface area contributed by atoms with Crippen molar-refractivity contribution < 1.29 is 8.78 Å². The fourth-order valence-corrected chi connectivity index (χ4v) is 0.711. The Bertz CT molecular complexity index is 221. The van der Waals surface area contributed by atoms with Crippen molar-refractivity contribution >= 4 is 0 Å². The van der Waals surface area contributed by atoms with Crippen LogP contribution in [0.2, 0.25) is 0 Å². The average molecular weight is 142 g/mol. The normalized spacial score (nSPS) is 18.9. The quantitative estimate of drug-likeness (QED) is 0.487. The SMILES string of the molecule is CC1=C(F)C=CC(F)=CC1. The molecular formula is C8H8F2. The van der Waals surface area contributed by atoms with E-state index >= 15 is 0 Å². The maximum Gasteiger partial charge on any atom is 0.122 e. The summed E-state index contributed by atoms with van der Waals surface area (Å²) in [5.74, 6) is -0.698. The fraction of sp³-hybridized carbons (Fsp3) is 0.250. The highest BCUT2D eigenvalue weighted by molar-refractivity contribution is 5.29. The molecule has 0 fully saturated rings. The lowest BCUT2D eigenvalue weighted by molar-refractivity contribution is 0.650. The van der Waals surface area contributed by atoms with E-state index in [1.54, 1.807) is 6.92 Å². The molecule has 0 heterocycles. The van der Waals surface area contributed by atoms with Gasteiger partial charge in [0.25, 0.3) is 0 Å². The zero-order chi connectivity index (χ0) is 7.56. The summed E-state index contributed by atoms with van der Waals surface area (Å²) in [6.07, 6.45) is 4.00. The van der Waals surface area contributed by atoms with Crippen molar-refractivity contribution in [2.75, 3.05) is 0 Å². The molecule has 0 radical (unpaired) electrons. The van der Waals surface area contributed by atoms with Crippen molar-refractivity contribution in [2.24, 2.45) is 0 Å². The maximum atomic E-state index is 12.6. The number of hydrogen-bond acceptors (Lipinski definition) is 0. The van der Waals surface area contributed by atoms with Crippen LogP contribution in [0.15, 0.2) is 35.5 Å². The summed E-state index contributed by atoms with van der Waals surface area (Å²) in [7, 11) is 0. The lowest BCUT2D eigenvalue weighted by Crippen LogP contribution is -1.74. The van der Waals surface area contributed by atoms with Crippen LogP contribution in [0.4, 0.5) is 8.78 Å². The van der Waals surface area contributed by atoms with Gasteiger partial charge in [-0.1, -0.05) is 0 Å². The van der Waals surface area contributed by atoms with Crippen LogP contribution in [0.5, 0.6) is 0 Å². The van der Waals surface area contributed by atoms with Gasteiger partial charge in [0.15, 0.2) is 0 Å². The smallest absolute Gasteiger partial charge is 0.122 e. The number of rotatable bonds is 0. The zero-order valence-electron chi connectivity index (χ0n) is 5.70. The average Bonchev–Trinajstić information content (AvgIpc) is 2.04. The molecule has 0 bridgehead atoms. The molecule has 54 valence electrons. The van der Waals surface area contributed by atoms with Gasteiger partial charge in [-0.05, 0) is 37.1 Å². The van der Waals surface area contributed by atoms with Crippen LogP contribution in [0, 0.1) is 0 Å². The van der Waals surface area contributed by atoms with E-state index < -0.39 is 0 Å². The summed E-state index contributed by atoms with van der Waals surface area (Å²) in [4.78, 5) is 0. The van der Waals surface area contributed by atoms with Crippen LogP contribution >= 0.6 is 0 Å². The molecule has 0 N–H and O–H groups in total. The van der Waals surface area contributed by atoms with E-state index in [2.05, 4.69) is 0 Å². The second-order valence-electron chi connectivity index (χ2n) is 2.25. The predicted molar refractivity (Wildman–Crippen MR) is 36.8 cm³/mol. The zero-order valence-corrected chi connectivity index (χ0v) is 5.70. The third kappa shape index (κ3) is 1.53. The Morgan fingerprint density at radius 1 is 1.30 bits per heavy atom. The fourth-order valence-electron chi connectivity index (χ4n) is 0.711. The van der Waals surface area contributed by atoms with E-state index in [4.69, 9.17) is 0 Å². The van der Waals surface area contributed by atoms with Crippen molar-refractivity contribution in [1.29, 1.82) is 0 Å². The first-order valence-electron chi connectivity index (χ1n) is 3.09. The molecule has 2 heteroatoms. The molecule has 0 aromatic carbocycles. The van der Waals surface area contributed by atoms with Crippen molar-refractivity contribution in [3.63, 3.8) is 0 Å². The standard InChI is InChI=1S/C8H8F2/c1-6-2-3-7(9)4-5-8(6)10/h3-5H,2H2,1H3. The minimum absolute atomic E-state index is 0.330. The molecule has 1 rings (SSSR count). The predicted octanol–water partition coefficient (Wildman–Crippen LogP) is 3.04. The first-order valence-corrected chi connectivity index (χ1v) is 3.09. The molecule has 0 spiro atoms. The van der Waals surface area contributed by atoms with Crippen LogP contribution in [-0.4, -0.2) is 0 Å². The Balaban J connectivity index is 2.89. The van der Waals surface area contributed by atoms with Gasteiger partial charge in [-0.15, -0.1) is 0 Å². The van der Waals surface area contributed by atoms with Gasteiger partial charge >= 0.3 is 0 Å². The van der Waals surface area contributed by atoms with Gasteiger partial charge in [-0.2, -0.15) is 0 Å². The molecule has 1 aliphatic carbocycles. The molecule has 0 aliphatic heterocycles. The van der Waals surface area contributed by atoms with Crippen molar-refractivity contribution in [3.05, 3.63) is 35.5 Å². The van der Waals surface area contributed by atoms with Crippen molar-refractivity contribution in [3.8, 4) is 0 Å². The van der Waals surface area contributed by atoms with Gasteiger partial charge in [-0.25, -0.2) is 8.78 Å². The molecule has 0 aromatic rings. The van der Waals surface area contributed by atoms with Gasteiger partial charge in [0, 0.05) is 0 Å². The summed E-state index contributed by atoms with van der Waals surface area (Å²) < 4.78 is 25.0. The van der Waals surface area contributed by atoms with E-state index in [-0.39, 0.29) is 11.7 Å². The Hall–Kier alpha value is -0.920. The van der Waals surface area contributed by atoms with Gasteiger partial charge in [0.1, 0.15) is 11.7 Å². The van der Waals surface area contributed by atoms with E-state index in [0.717, 1.165) is 12.2 Å². The highest BCUT2D eigenvalue weighted by Crippen LogP contribution is 2.18. The van der Waals surface area contributed by atoms with Crippen LogP contribution in [0.1, 0.15) is 13.3 Å².